The van der Waals surface area contributed by atoms with Crippen LogP contribution in [0, 0.1) is 5.92 Å². The molecule has 28 heavy (non-hydrogen) atoms. The van der Waals surface area contributed by atoms with E-state index in [-0.39, 0.29) is 16.6 Å². The maximum absolute atomic E-state index is 12.9. The Morgan fingerprint density at radius 3 is 2.25 bits per heavy atom. The van der Waals surface area contributed by atoms with E-state index in [1.54, 1.807) is 0 Å². The summed E-state index contributed by atoms with van der Waals surface area (Å²) in [6.45, 7) is 6.52. The fourth-order valence-electron chi connectivity index (χ4n) is 3.07. The molecular weight excluding hydrogens is 378 g/mol. The molecule has 0 unspecified atom stereocenters. The quantitative estimate of drug-likeness (QED) is 0.744. The van der Waals surface area contributed by atoms with Gasteiger partial charge in [-0.2, -0.15) is 0 Å². The third kappa shape index (κ3) is 4.54. The van der Waals surface area contributed by atoms with E-state index in [0.717, 1.165) is 12.0 Å². The highest BCUT2D eigenvalue weighted by molar-refractivity contribution is 7.89. The minimum Gasteiger partial charge on any atom is -0.490 e. The molecule has 6 nitrogen and oxygen atoms in total. The Morgan fingerprint density at radius 1 is 1.00 bits per heavy atom. The van der Waals surface area contributed by atoms with Crippen molar-refractivity contribution in [3.05, 3.63) is 53.6 Å². The summed E-state index contributed by atoms with van der Waals surface area (Å²) in [4.78, 5) is 11.5. The minimum atomic E-state index is -3.76. The number of ketones is 1. The first kappa shape index (κ1) is 20.4. The van der Waals surface area contributed by atoms with Gasteiger partial charge in [-0.25, -0.2) is 13.1 Å². The fourth-order valence-corrected chi connectivity index (χ4v) is 4.44. The van der Waals surface area contributed by atoms with Crippen molar-refractivity contribution in [1.29, 1.82) is 0 Å². The van der Waals surface area contributed by atoms with Crippen LogP contribution in [0.2, 0.25) is 0 Å². The molecule has 0 saturated carbocycles. The van der Waals surface area contributed by atoms with E-state index in [2.05, 4.69) is 4.72 Å². The standard InChI is InChI=1S/C21H25NO5S/c1-14(2)21(17-7-10-19-20(13-17)27-12-4-11-26-19)22-28(24,25)18-8-5-16(6-9-18)15(3)23/h5-10,13-14,21-22H,4,11-12H2,1-3H3/t21-/m0/s1. The smallest absolute Gasteiger partial charge is 0.241 e. The summed E-state index contributed by atoms with van der Waals surface area (Å²) in [7, 11) is -3.76. The van der Waals surface area contributed by atoms with Gasteiger partial charge in [-0.15, -0.1) is 0 Å². The van der Waals surface area contributed by atoms with E-state index < -0.39 is 16.1 Å². The van der Waals surface area contributed by atoms with Crippen LogP contribution in [-0.2, 0) is 10.0 Å². The highest BCUT2D eigenvalue weighted by Gasteiger charge is 2.25. The first-order valence-corrected chi connectivity index (χ1v) is 10.8. The number of benzene rings is 2. The third-order valence-electron chi connectivity index (χ3n) is 4.65. The first-order chi connectivity index (χ1) is 13.3. The van der Waals surface area contributed by atoms with E-state index in [1.165, 1.54) is 31.2 Å². The number of carbonyl (C=O) groups is 1. The fraction of sp³-hybridized carbons (Fsp3) is 0.381. The van der Waals surface area contributed by atoms with Crippen molar-refractivity contribution < 1.29 is 22.7 Å². The van der Waals surface area contributed by atoms with Gasteiger partial charge in [0.1, 0.15) is 0 Å². The molecule has 1 heterocycles. The molecule has 3 rings (SSSR count). The molecule has 0 spiro atoms. The molecule has 1 aliphatic heterocycles. The van der Waals surface area contributed by atoms with Crippen LogP contribution in [0.15, 0.2) is 47.4 Å². The van der Waals surface area contributed by atoms with E-state index in [0.29, 0.717) is 30.3 Å². The highest BCUT2D eigenvalue weighted by Crippen LogP contribution is 2.34. The van der Waals surface area contributed by atoms with Crippen LogP contribution in [-0.4, -0.2) is 27.4 Å². The van der Waals surface area contributed by atoms with Gasteiger partial charge in [-0.1, -0.05) is 32.0 Å². The lowest BCUT2D eigenvalue weighted by molar-refractivity contribution is 0.101. The molecule has 0 amide bonds. The molecule has 2 aromatic rings. The zero-order valence-corrected chi connectivity index (χ0v) is 17.1. The van der Waals surface area contributed by atoms with E-state index in [4.69, 9.17) is 9.47 Å². The summed E-state index contributed by atoms with van der Waals surface area (Å²) in [6, 6.07) is 11.0. The molecule has 150 valence electrons. The summed E-state index contributed by atoms with van der Waals surface area (Å²) in [5, 5.41) is 0. The van der Waals surface area contributed by atoms with Gasteiger partial charge >= 0.3 is 0 Å². The van der Waals surface area contributed by atoms with Crippen LogP contribution < -0.4 is 14.2 Å². The molecule has 7 heteroatoms. The zero-order chi connectivity index (χ0) is 20.3. The van der Waals surface area contributed by atoms with Crippen LogP contribution in [0.5, 0.6) is 11.5 Å². The Bertz CT molecular complexity index is 951. The number of hydrogen-bond donors (Lipinski definition) is 1. The average Bonchev–Trinajstić information content (AvgIpc) is 2.90. The number of hydrogen-bond acceptors (Lipinski definition) is 5. The Balaban J connectivity index is 1.88. The van der Waals surface area contributed by atoms with Gasteiger partial charge < -0.3 is 9.47 Å². The summed E-state index contributed by atoms with van der Waals surface area (Å²) < 4.78 is 40.0. The molecule has 0 saturated heterocycles. The van der Waals surface area contributed by atoms with Crippen LogP contribution in [0.1, 0.15) is 49.2 Å². The van der Waals surface area contributed by atoms with Crippen molar-refractivity contribution in [3.8, 4) is 11.5 Å². The number of rotatable bonds is 6. The van der Waals surface area contributed by atoms with Crippen molar-refractivity contribution in [2.75, 3.05) is 13.2 Å². The number of sulfonamides is 1. The molecule has 1 atom stereocenters. The van der Waals surface area contributed by atoms with Gasteiger partial charge in [-0.05, 0) is 42.7 Å². The summed E-state index contributed by atoms with van der Waals surface area (Å²) in [6.07, 6.45) is 0.806. The Kier molecular flexibility index (Phi) is 6.05. The molecule has 0 fully saturated rings. The molecule has 0 bridgehead atoms. The van der Waals surface area contributed by atoms with E-state index >= 15 is 0 Å². The SMILES string of the molecule is CC(=O)c1ccc(S(=O)(=O)N[C@H](c2ccc3c(c2)OCCCO3)C(C)C)cc1. The van der Waals surface area contributed by atoms with E-state index in [1.807, 2.05) is 32.0 Å². The monoisotopic (exact) mass is 403 g/mol. The van der Waals surface area contributed by atoms with Crippen LogP contribution >= 0.6 is 0 Å². The van der Waals surface area contributed by atoms with E-state index in [9.17, 15) is 13.2 Å². The molecule has 1 N–H and O–H groups in total. The summed E-state index contributed by atoms with van der Waals surface area (Å²) >= 11 is 0. The predicted octanol–water partition coefficient (Wildman–Crippen LogP) is 3.73. The van der Waals surface area contributed by atoms with Crippen molar-refractivity contribution in [2.45, 2.75) is 38.1 Å². The lowest BCUT2D eigenvalue weighted by atomic mass is 9.97. The third-order valence-corrected chi connectivity index (χ3v) is 6.11. The lowest BCUT2D eigenvalue weighted by Crippen LogP contribution is -2.31. The maximum Gasteiger partial charge on any atom is 0.241 e. The topological polar surface area (TPSA) is 81.7 Å². The molecule has 0 aliphatic carbocycles. The minimum absolute atomic E-state index is 0.0102. The predicted molar refractivity (Wildman–Crippen MR) is 106 cm³/mol. The van der Waals surface area contributed by atoms with Crippen molar-refractivity contribution in [2.24, 2.45) is 5.92 Å². The molecule has 0 aromatic heterocycles. The van der Waals surface area contributed by atoms with Crippen molar-refractivity contribution in [3.63, 3.8) is 0 Å². The molecule has 2 aromatic carbocycles. The zero-order valence-electron chi connectivity index (χ0n) is 16.3. The van der Waals surface area contributed by atoms with Crippen LogP contribution in [0.4, 0.5) is 0 Å². The van der Waals surface area contributed by atoms with Crippen molar-refractivity contribution >= 4 is 15.8 Å². The first-order valence-electron chi connectivity index (χ1n) is 9.31. The second-order valence-corrected chi connectivity index (χ2v) is 8.89. The van der Waals surface area contributed by atoms with Gasteiger partial charge in [0, 0.05) is 18.0 Å². The van der Waals surface area contributed by atoms with Gasteiger partial charge in [0.15, 0.2) is 17.3 Å². The average molecular weight is 404 g/mol. The maximum atomic E-state index is 12.9. The largest absolute Gasteiger partial charge is 0.490 e. The Labute approximate surface area is 165 Å². The Hall–Kier alpha value is -2.38. The second-order valence-electron chi connectivity index (χ2n) is 7.18. The number of Topliss-reactive ketones (excluding diaryl/α,β-unsaturated/α-hetero) is 1. The summed E-state index contributed by atoms with van der Waals surface area (Å²) in [5.41, 5.74) is 1.28. The lowest BCUT2D eigenvalue weighted by Gasteiger charge is -2.24. The number of fused-ring (bicyclic) bond motifs is 1. The number of ether oxygens (including phenoxy) is 2. The number of carbonyl (C=O) groups excluding carboxylic acids is 1. The second kappa shape index (κ2) is 8.32. The molecule has 0 radical (unpaired) electrons. The van der Waals surface area contributed by atoms with Crippen LogP contribution in [0.25, 0.3) is 0 Å². The summed E-state index contributed by atoms with van der Waals surface area (Å²) in [5.74, 6) is 1.21. The van der Waals surface area contributed by atoms with Gasteiger partial charge in [0.25, 0.3) is 0 Å². The molecular formula is C21H25NO5S. The normalized spacial score (nSPS) is 15.1. The van der Waals surface area contributed by atoms with Gasteiger partial charge in [0.2, 0.25) is 10.0 Å². The van der Waals surface area contributed by atoms with Crippen LogP contribution in [0.3, 0.4) is 0 Å². The van der Waals surface area contributed by atoms with Gasteiger partial charge in [-0.3, -0.25) is 4.79 Å². The highest BCUT2D eigenvalue weighted by atomic mass is 32.2. The Morgan fingerprint density at radius 2 is 1.64 bits per heavy atom. The van der Waals surface area contributed by atoms with Crippen molar-refractivity contribution in [1.82, 2.24) is 4.72 Å². The van der Waals surface area contributed by atoms with Gasteiger partial charge in [0.05, 0.1) is 18.1 Å². The number of nitrogens with one attached hydrogen (secondary N) is 1. The molecule has 1 aliphatic rings.